The number of nitrogens with one attached hydrogen (secondary N) is 1. The van der Waals surface area contributed by atoms with Crippen LogP contribution in [0.15, 0.2) is 36.7 Å². The first-order valence-corrected chi connectivity index (χ1v) is 10.3. The summed E-state index contributed by atoms with van der Waals surface area (Å²) in [6, 6.07) is 11.0. The van der Waals surface area contributed by atoms with Gasteiger partial charge < -0.3 is 14.8 Å². The highest BCUT2D eigenvalue weighted by atomic mass is 16.2. The van der Waals surface area contributed by atoms with Crippen molar-refractivity contribution in [1.82, 2.24) is 19.8 Å². The van der Waals surface area contributed by atoms with Crippen molar-refractivity contribution in [2.75, 3.05) is 19.6 Å². The van der Waals surface area contributed by atoms with Gasteiger partial charge in [-0.15, -0.1) is 0 Å². The molecule has 1 fully saturated rings. The summed E-state index contributed by atoms with van der Waals surface area (Å²) in [5.41, 5.74) is 3.65. The third-order valence-corrected chi connectivity index (χ3v) is 5.54. The Kier molecular flexibility index (Phi) is 6.54. The summed E-state index contributed by atoms with van der Waals surface area (Å²) in [4.78, 5) is 18.8. The van der Waals surface area contributed by atoms with Crippen molar-refractivity contribution in [2.45, 2.75) is 58.4 Å². The van der Waals surface area contributed by atoms with E-state index in [-0.39, 0.29) is 6.03 Å². The first kappa shape index (κ1) is 19.5. The van der Waals surface area contributed by atoms with Gasteiger partial charge in [-0.3, -0.25) is 0 Å². The quantitative estimate of drug-likeness (QED) is 0.795. The van der Waals surface area contributed by atoms with Crippen LogP contribution in [0.25, 0.3) is 11.3 Å². The Morgan fingerprint density at radius 3 is 2.56 bits per heavy atom. The normalized spacial score (nSPS) is 16.3. The van der Waals surface area contributed by atoms with Gasteiger partial charge in [-0.1, -0.05) is 50.6 Å². The molecule has 146 valence electrons. The van der Waals surface area contributed by atoms with Crippen LogP contribution in [0.4, 0.5) is 4.79 Å². The molecule has 5 nitrogen and oxygen atoms in total. The molecule has 0 spiro atoms. The zero-order valence-corrected chi connectivity index (χ0v) is 16.8. The summed E-state index contributed by atoms with van der Waals surface area (Å²) >= 11 is 0. The average molecular weight is 369 g/mol. The van der Waals surface area contributed by atoms with Gasteiger partial charge in [-0.25, -0.2) is 9.78 Å². The second-order valence-corrected chi connectivity index (χ2v) is 7.50. The minimum Gasteiger partial charge on any atom is -0.338 e. The molecule has 1 aromatic heterocycles. The maximum Gasteiger partial charge on any atom is 0.317 e. The van der Waals surface area contributed by atoms with Crippen LogP contribution in [0.1, 0.15) is 64.1 Å². The van der Waals surface area contributed by atoms with E-state index in [0.29, 0.717) is 18.5 Å². The van der Waals surface area contributed by atoms with Crippen LogP contribution >= 0.6 is 0 Å². The smallest absolute Gasteiger partial charge is 0.317 e. The minimum atomic E-state index is 0.0612. The van der Waals surface area contributed by atoms with E-state index >= 15 is 0 Å². The van der Waals surface area contributed by atoms with E-state index < -0.39 is 0 Å². The molecule has 27 heavy (non-hydrogen) atoms. The lowest BCUT2D eigenvalue weighted by Gasteiger charge is -2.34. The highest BCUT2D eigenvalue weighted by Gasteiger charge is 2.27. The Morgan fingerprint density at radius 2 is 1.93 bits per heavy atom. The third kappa shape index (κ3) is 4.34. The number of urea groups is 1. The van der Waals surface area contributed by atoms with Crippen LogP contribution in [0, 0.1) is 0 Å². The van der Waals surface area contributed by atoms with E-state index in [2.05, 4.69) is 48.0 Å². The first-order valence-electron chi connectivity index (χ1n) is 10.3. The number of benzene rings is 1. The highest BCUT2D eigenvalue weighted by molar-refractivity contribution is 5.74. The van der Waals surface area contributed by atoms with Gasteiger partial charge in [0.05, 0.1) is 12.0 Å². The maximum absolute atomic E-state index is 12.1. The monoisotopic (exact) mass is 368 g/mol. The van der Waals surface area contributed by atoms with Crippen LogP contribution in [-0.2, 0) is 0 Å². The molecule has 0 aliphatic carbocycles. The summed E-state index contributed by atoms with van der Waals surface area (Å²) in [6.07, 6.45) is 6.30. The van der Waals surface area contributed by atoms with Crippen LogP contribution in [0.3, 0.4) is 0 Å². The average Bonchev–Trinajstić information content (AvgIpc) is 3.14. The molecule has 1 aliphatic heterocycles. The van der Waals surface area contributed by atoms with Gasteiger partial charge in [0.25, 0.3) is 0 Å². The number of likely N-dealkylation sites (tertiary alicyclic amines) is 1. The van der Waals surface area contributed by atoms with Crippen LogP contribution in [0.5, 0.6) is 0 Å². The molecule has 1 unspecified atom stereocenters. The van der Waals surface area contributed by atoms with Crippen molar-refractivity contribution in [3.05, 3.63) is 42.4 Å². The first-order chi connectivity index (χ1) is 13.2. The Hall–Kier alpha value is -2.30. The molecule has 1 atom stereocenters. The van der Waals surface area contributed by atoms with Crippen molar-refractivity contribution >= 4 is 6.03 Å². The van der Waals surface area contributed by atoms with E-state index in [1.165, 1.54) is 11.3 Å². The van der Waals surface area contributed by atoms with Gasteiger partial charge in [-0.2, -0.15) is 0 Å². The number of carbonyl (C=O) groups is 1. The number of piperidine rings is 1. The molecule has 5 heteroatoms. The topological polar surface area (TPSA) is 50.2 Å². The lowest BCUT2D eigenvalue weighted by atomic mass is 9.95. The van der Waals surface area contributed by atoms with Crippen LogP contribution < -0.4 is 5.32 Å². The van der Waals surface area contributed by atoms with E-state index in [1.807, 2.05) is 24.2 Å². The summed E-state index contributed by atoms with van der Waals surface area (Å²) in [5, 5.41) is 2.91. The lowest BCUT2D eigenvalue weighted by molar-refractivity contribution is 0.171. The van der Waals surface area contributed by atoms with E-state index in [0.717, 1.165) is 44.5 Å². The number of rotatable bonds is 6. The van der Waals surface area contributed by atoms with Gasteiger partial charge in [0.1, 0.15) is 0 Å². The molecule has 3 rings (SSSR count). The number of amides is 2. The number of imidazole rings is 1. The largest absolute Gasteiger partial charge is 0.338 e. The van der Waals surface area contributed by atoms with Crippen molar-refractivity contribution in [3.63, 3.8) is 0 Å². The molecule has 1 aromatic carbocycles. The zero-order chi connectivity index (χ0) is 19.2. The maximum atomic E-state index is 12.1. The number of nitrogens with zero attached hydrogens (tertiary/aromatic N) is 3. The third-order valence-electron chi connectivity index (χ3n) is 5.54. The van der Waals surface area contributed by atoms with Crippen LogP contribution in [0.2, 0.25) is 0 Å². The molecule has 0 saturated carbocycles. The molecule has 2 heterocycles. The predicted octanol–water partition coefficient (Wildman–Crippen LogP) is 4.82. The van der Waals surface area contributed by atoms with Crippen molar-refractivity contribution < 1.29 is 4.79 Å². The van der Waals surface area contributed by atoms with Gasteiger partial charge in [-0.05, 0) is 32.1 Å². The predicted molar refractivity (Wildman–Crippen MR) is 110 cm³/mol. The van der Waals surface area contributed by atoms with Gasteiger partial charge in [0.2, 0.25) is 0 Å². The number of carbonyl (C=O) groups excluding carboxylic acids is 1. The van der Waals surface area contributed by atoms with Crippen molar-refractivity contribution in [3.8, 4) is 11.3 Å². The fraction of sp³-hybridized carbons (Fsp3) is 0.545. The number of hydrogen-bond acceptors (Lipinski definition) is 2. The zero-order valence-electron chi connectivity index (χ0n) is 16.8. The van der Waals surface area contributed by atoms with Crippen molar-refractivity contribution in [1.29, 1.82) is 0 Å². The second-order valence-electron chi connectivity index (χ2n) is 7.50. The molecular weight excluding hydrogens is 336 g/mol. The fourth-order valence-electron chi connectivity index (χ4n) is 4.15. The summed E-state index contributed by atoms with van der Waals surface area (Å²) in [5.74, 6) is 0.467. The van der Waals surface area contributed by atoms with E-state index in [9.17, 15) is 4.79 Å². The highest BCUT2D eigenvalue weighted by Crippen LogP contribution is 2.35. The molecule has 0 bridgehead atoms. The SMILES string of the molecule is CCCC(C)c1c(-c2ccccc2)ncn1C1CCN(C(=O)NCC)CC1. The lowest BCUT2D eigenvalue weighted by Crippen LogP contribution is -2.44. The van der Waals surface area contributed by atoms with Gasteiger partial charge in [0, 0.05) is 36.9 Å². The van der Waals surface area contributed by atoms with Crippen molar-refractivity contribution in [2.24, 2.45) is 0 Å². The van der Waals surface area contributed by atoms with E-state index in [4.69, 9.17) is 4.98 Å². The molecule has 2 amide bonds. The Labute approximate surface area is 162 Å². The van der Waals surface area contributed by atoms with Gasteiger partial charge in [0.15, 0.2) is 0 Å². The summed E-state index contributed by atoms with van der Waals surface area (Å²) < 4.78 is 2.40. The summed E-state index contributed by atoms with van der Waals surface area (Å²) in [7, 11) is 0. The fourth-order valence-corrected chi connectivity index (χ4v) is 4.15. The Morgan fingerprint density at radius 1 is 1.22 bits per heavy atom. The molecule has 1 saturated heterocycles. The molecule has 2 aromatic rings. The number of hydrogen-bond donors (Lipinski definition) is 1. The molecule has 0 radical (unpaired) electrons. The van der Waals surface area contributed by atoms with Gasteiger partial charge >= 0.3 is 6.03 Å². The number of aromatic nitrogens is 2. The minimum absolute atomic E-state index is 0.0612. The molecule has 1 N–H and O–H groups in total. The van der Waals surface area contributed by atoms with E-state index in [1.54, 1.807) is 0 Å². The Balaban J connectivity index is 1.84. The van der Waals surface area contributed by atoms with Crippen LogP contribution in [-0.4, -0.2) is 40.1 Å². The summed E-state index contributed by atoms with van der Waals surface area (Å²) in [6.45, 7) is 8.80. The molecule has 1 aliphatic rings. The Bertz CT molecular complexity index is 732. The molecular formula is C22H32N4O. The second kappa shape index (κ2) is 9.07. The standard InChI is InChI=1S/C22H32N4O/c1-4-9-17(3)21-20(18-10-7-6-8-11-18)24-16-26(21)19-12-14-25(15-13-19)22(27)23-5-2/h6-8,10-11,16-17,19H,4-5,9,12-15H2,1-3H3,(H,23,27).